The van der Waals surface area contributed by atoms with Gasteiger partial charge < -0.3 is 34.4 Å². The standard InChI is InChI=1S/C27H27ClF4N6O4.CH2O2/c1-35(2)14-21(39)37-8-10-38(11-9-37)26(41)16-5-4-15(12-18(16)28)34-25(40)24-33-13-19(36(24)3)17-6-7-20(42-27(31)32)23(30)22(17)29;2-1-3/h4-7,12-13,27H,8-11,14H2,1-3H3,(H,34,40);1H,(H,2,3). The van der Waals surface area contributed by atoms with Gasteiger partial charge in [-0.15, -0.1) is 0 Å². The maximum Gasteiger partial charge on any atom is 0.387 e. The smallest absolute Gasteiger partial charge is 0.387 e. The van der Waals surface area contributed by atoms with Crippen LogP contribution in [0, 0.1) is 11.6 Å². The molecule has 0 bridgehead atoms. The van der Waals surface area contributed by atoms with E-state index in [1.807, 2.05) is 0 Å². The summed E-state index contributed by atoms with van der Waals surface area (Å²) in [5, 5.41) is 9.57. The third-order valence-corrected chi connectivity index (χ3v) is 6.87. The Labute approximate surface area is 259 Å². The number of amides is 3. The molecule has 0 radical (unpaired) electrons. The van der Waals surface area contributed by atoms with Gasteiger partial charge in [-0.25, -0.2) is 9.37 Å². The highest BCUT2D eigenvalue weighted by Gasteiger charge is 2.27. The van der Waals surface area contributed by atoms with Gasteiger partial charge in [0.15, 0.2) is 17.4 Å². The Kier molecular flexibility index (Phi) is 11.9. The lowest BCUT2D eigenvalue weighted by Gasteiger charge is -2.35. The normalized spacial score (nSPS) is 12.9. The zero-order valence-electron chi connectivity index (χ0n) is 24.3. The van der Waals surface area contributed by atoms with Crippen LogP contribution in [0.1, 0.15) is 21.0 Å². The number of carbonyl (C=O) groups excluding carboxylic acids is 3. The third-order valence-electron chi connectivity index (χ3n) is 6.56. The van der Waals surface area contributed by atoms with Crippen LogP contribution in [0.5, 0.6) is 5.75 Å². The number of nitrogens with one attached hydrogen (secondary N) is 1. The fourth-order valence-electron chi connectivity index (χ4n) is 4.44. The number of imidazole rings is 1. The molecule has 1 aliphatic heterocycles. The van der Waals surface area contributed by atoms with Gasteiger partial charge in [-0.1, -0.05) is 11.6 Å². The first-order valence-corrected chi connectivity index (χ1v) is 13.5. The largest absolute Gasteiger partial charge is 0.483 e. The minimum atomic E-state index is -3.34. The van der Waals surface area contributed by atoms with Crippen molar-refractivity contribution in [2.24, 2.45) is 7.05 Å². The molecule has 12 nitrogen and oxygen atoms in total. The summed E-state index contributed by atoms with van der Waals surface area (Å²) in [6, 6.07) is 6.22. The first-order chi connectivity index (χ1) is 21.3. The average molecular weight is 657 g/mol. The molecule has 242 valence electrons. The maximum atomic E-state index is 14.6. The zero-order valence-corrected chi connectivity index (χ0v) is 25.0. The third kappa shape index (κ3) is 8.48. The van der Waals surface area contributed by atoms with Gasteiger partial charge in [0, 0.05) is 44.5 Å². The van der Waals surface area contributed by atoms with Crippen LogP contribution >= 0.6 is 11.6 Å². The van der Waals surface area contributed by atoms with Crippen LogP contribution in [0.2, 0.25) is 5.02 Å². The van der Waals surface area contributed by atoms with Crippen molar-refractivity contribution < 1.29 is 46.6 Å². The molecule has 45 heavy (non-hydrogen) atoms. The number of rotatable bonds is 8. The number of hydrogen-bond acceptors (Lipinski definition) is 7. The summed E-state index contributed by atoms with van der Waals surface area (Å²) >= 11 is 6.38. The minimum absolute atomic E-state index is 0.00244. The first kappa shape index (κ1) is 34.8. The molecule has 2 N–H and O–H groups in total. The Bertz CT molecular complexity index is 1560. The predicted molar refractivity (Wildman–Crippen MR) is 154 cm³/mol. The SMILES string of the molecule is CN(C)CC(=O)N1CCN(C(=O)c2ccc(NC(=O)c3ncc(-c4ccc(OC(F)F)c(F)c4F)n3C)cc2Cl)CC1.O=CO. The van der Waals surface area contributed by atoms with E-state index < -0.39 is 29.9 Å². The number of ether oxygens (including phenoxy) is 1. The molecule has 2 heterocycles. The molecule has 3 aromatic rings. The van der Waals surface area contributed by atoms with E-state index in [-0.39, 0.29) is 58.2 Å². The topological polar surface area (TPSA) is 137 Å². The number of carbonyl (C=O) groups is 4. The van der Waals surface area contributed by atoms with Gasteiger partial charge in [-0.05, 0) is 44.4 Å². The molecule has 0 saturated carbocycles. The molecule has 1 aliphatic rings. The molecule has 0 aliphatic carbocycles. The van der Waals surface area contributed by atoms with Crippen molar-refractivity contribution in [2.45, 2.75) is 6.61 Å². The Hall–Kier alpha value is -4.70. The van der Waals surface area contributed by atoms with Gasteiger partial charge in [-0.3, -0.25) is 19.2 Å². The molecule has 1 saturated heterocycles. The summed E-state index contributed by atoms with van der Waals surface area (Å²) in [6.07, 6.45) is 1.13. The molecule has 1 fully saturated rings. The van der Waals surface area contributed by atoms with E-state index >= 15 is 0 Å². The fraction of sp³-hybridized carbons (Fsp3) is 0.321. The van der Waals surface area contributed by atoms with Crippen molar-refractivity contribution in [2.75, 3.05) is 52.1 Å². The minimum Gasteiger partial charge on any atom is -0.483 e. The van der Waals surface area contributed by atoms with Crippen molar-refractivity contribution in [3.8, 4) is 17.0 Å². The van der Waals surface area contributed by atoms with Crippen molar-refractivity contribution in [1.29, 1.82) is 0 Å². The number of aromatic nitrogens is 2. The molecule has 1 aromatic heterocycles. The predicted octanol–water partition coefficient (Wildman–Crippen LogP) is 3.42. The summed E-state index contributed by atoms with van der Waals surface area (Å²) in [7, 11) is 5.00. The lowest BCUT2D eigenvalue weighted by Crippen LogP contribution is -2.52. The molecule has 0 spiro atoms. The molecule has 4 rings (SSSR count). The van der Waals surface area contributed by atoms with E-state index in [1.54, 1.807) is 28.8 Å². The number of carboxylic acid groups (broad SMARTS) is 1. The average Bonchev–Trinajstić information content (AvgIpc) is 3.36. The zero-order chi connectivity index (χ0) is 33.4. The van der Waals surface area contributed by atoms with E-state index in [2.05, 4.69) is 15.0 Å². The van der Waals surface area contributed by atoms with Gasteiger partial charge in [0.2, 0.25) is 11.7 Å². The summed E-state index contributed by atoms with van der Waals surface area (Å²) in [5.41, 5.74) is 0.148. The van der Waals surface area contributed by atoms with E-state index in [1.165, 1.54) is 29.8 Å². The second-order valence-electron chi connectivity index (χ2n) is 9.81. The first-order valence-electron chi connectivity index (χ1n) is 13.1. The highest BCUT2D eigenvalue weighted by molar-refractivity contribution is 6.34. The van der Waals surface area contributed by atoms with Gasteiger partial charge in [-0.2, -0.15) is 13.2 Å². The molecule has 17 heteroatoms. The Morgan fingerprint density at radius 2 is 1.71 bits per heavy atom. The second kappa shape index (κ2) is 15.3. The van der Waals surface area contributed by atoms with E-state index in [0.29, 0.717) is 26.2 Å². The Balaban J connectivity index is 0.00000177. The number of piperazine rings is 1. The number of nitrogens with zero attached hydrogens (tertiary/aromatic N) is 5. The number of hydrogen-bond donors (Lipinski definition) is 2. The van der Waals surface area contributed by atoms with Gasteiger partial charge in [0.05, 0.1) is 29.0 Å². The van der Waals surface area contributed by atoms with Crippen LogP contribution in [0.15, 0.2) is 36.5 Å². The monoisotopic (exact) mass is 656 g/mol. The lowest BCUT2D eigenvalue weighted by molar-refractivity contribution is -0.133. The van der Waals surface area contributed by atoms with Gasteiger partial charge in [0.1, 0.15) is 0 Å². The molecule has 3 amide bonds. The molecule has 2 aromatic carbocycles. The number of halogens is 5. The summed E-state index contributed by atoms with van der Waals surface area (Å²) in [5.74, 6) is -5.22. The Morgan fingerprint density at radius 1 is 1.09 bits per heavy atom. The van der Waals surface area contributed by atoms with E-state index in [4.69, 9.17) is 21.5 Å². The summed E-state index contributed by atoms with van der Waals surface area (Å²) < 4.78 is 58.8. The van der Waals surface area contributed by atoms with Gasteiger partial charge in [0.25, 0.3) is 18.3 Å². The van der Waals surface area contributed by atoms with Crippen molar-refractivity contribution >= 4 is 41.5 Å². The van der Waals surface area contributed by atoms with Crippen LogP contribution in [0.3, 0.4) is 0 Å². The van der Waals surface area contributed by atoms with E-state index in [9.17, 15) is 31.9 Å². The van der Waals surface area contributed by atoms with Crippen LogP contribution < -0.4 is 10.1 Å². The maximum absolute atomic E-state index is 14.6. The number of alkyl halides is 2. The summed E-state index contributed by atoms with van der Waals surface area (Å²) in [6.45, 7) is -1.80. The summed E-state index contributed by atoms with van der Waals surface area (Å²) in [4.78, 5) is 55.7. The number of benzene rings is 2. The second-order valence-corrected chi connectivity index (χ2v) is 10.2. The molecular weight excluding hydrogens is 628 g/mol. The van der Waals surface area contributed by atoms with Crippen LogP contribution in [0.4, 0.5) is 23.2 Å². The Morgan fingerprint density at radius 3 is 2.29 bits per heavy atom. The molecular formula is C28H29ClF4N6O6. The van der Waals surface area contributed by atoms with E-state index in [0.717, 1.165) is 18.3 Å². The molecule has 0 unspecified atom stereocenters. The van der Waals surface area contributed by atoms with Crippen LogP contribution in [-0.4, -0.2) is 107 Å². The van der Waals surface area contributed by atoms with Crippen molar-refractivity contribution in [1.82, 2.24) is 24.3 Å². The van der Waals surface area contributed by atoms with Crippen molar-refractivity contribution in [3.05, 3.63) is 64.6 Å². The number of anilines is 1. The highest BCUT2D eigenvalue weighted by Crippen LogP contribution is 2.31. The highest BCUT2D eigenvalue weighted by atomic mass is 35.5. The fourth-order valence-corrected chi connectivity index (χ4v) is 4.70. The quantitative estimate of drug-likeness (QED) is 0.278. The molecule has 0 atom stereocenters. The lowest BCUT2D eigenvalue weighted by atomic mass is 10.1. The van der Waals surface area contributed by atoms with Crippen LogP contribution in [-0.2, 0) is 16.6 Å². The van der Waals surface area contributed by atoms with Crippen molar-refractivity contribution in [3.63, 3.8) is 0 Å². The van der Waals surface area contributed by atoms with Crippen LogP contribution in [0.25, 0.3) is 11.3 Å². The number of likely N-dealkylation sites (N-methyl/N-ethyl adjacent to an activating group) is 1. The van der Waals surface area contributed by atoms with Gasteiger partial charge >= 0.3 is 6.61 Å².